The predicted octanol–water partition coefficient (Wildman–Crippen LogP) is 2.93. The molecule has 2 aromatic rings. The summed E-state index contributed by atoms with van der Waals surface area (Å²) < 4.78 is 9.83. The minimum Gasteiger partial charge on any atom is -0.465 e. The first-order valence-electron chi connectivity index (χ1n) is 8.06. The fraction of sp³-hybridized carbons (Fsp3) is 0.250. The number of carbonyl (C=O) groups is 3. The van der Waals surface area contributed by atoms with Gasteiger partial charge >= 0.3 is 11.9 Å². The zero-order chi connectivity index (χ0) is 19.2. The summed E-state index contributed by atoms with van der Waals surface area (Å²) in [6.07, 6.45) is 0. The molecule has 0 fully saturated rings. The Morgan fingerprint density at radius 2 is 1.58 bits per heavy atom. The average Bonchev–Trinajstić information content (AvgIpc) is 2.66. The number of methoxy groups -OCH3 is 1. The van der Waals surface area contributed by atoms with E-state index in [4.69, 9.17) is 4.74 Å². The number of ether oxygens (including phenoxy) is 2. The van der Waals surface area contributed by atoms with Crippen molar-refractivity contribution in [3.05, 3.63) is 65.7 Å². The summed E-state index contributed by atoms with van der Waals surface area (Å²) in [4.78, 5) is 36.2. The maximum Gasteiger partial charge on any atom is 0.339 e. The number of benzene rings is 2. The lowest BCUT2D eigenvalue weighted by Gasteiger charge is -2.22. The van der Waals surface area contributed by atoms with Gasteiger partial charge in [0.25, 0.3) is 5.91 Å². The van der Waals surface area contributed by atoms with E-state index in [0.717, 1.165) is 5.56 Å². The predicted molar refractivity (Wildman–Crippen MR) is 96.8 cm³/mol. The molecule has 1 amide bonds. The van der Waals surface area contributed by atoms with Crippen LogP contribution in [0.15, 0.2) is 54.6 Å². The van der Waals surface area contributed by atoms with Crippen molar-refractivity contribution in [1.29, 1.82) is 0 Å². The topological polar surface area (TPSA) is 81.7 Å². The fourth-order valence-corrected chi connectivity index (χ4v) is 2.35. The molecule has 0 saturated heterocycles. The van der Waals surface area contributed by atoms with Crippen LogP contribution in [0.2, 0.25) is 0 Å². The van der Waals surface area contributed by atoms with Crippen molar-refractivity contribution < 1.29 is 23.9 Å². The lowest BCUT2D eigenvalue weighted by atomic mass is 9.85. The highest BCUT2D eigenvalue weighted by atomic mass is 16.5. The first-order valence-corrected chi connectivity index (χ1v) is 8.06. The van der Waals surface area contributed by atoms with E-state index in [1.807, 2.05) is 30.3 Å². The highest BCUT2D eigenvalue weighted by Gasteiger charge is 2.31. The summed E-state index contributed by atoms with van der Waals surface area (Å²) in [6.45, 7) is 3.01. The van der Waals surface area contributed by atoms with E-state index in [9.17, 15) is 14.4 Å². The number of nitrogens with one attached hydrogen (secondary N) is 1. The van der Waals surface area contributed by atoms with Crippen LogP contribution in [-0.4, -0.2) is 31.6 Å². The van der Waals surface area contributed by atoms with Gasteiger partial charge in [0.05, 0.1) is 23.8 Å². The van der Waals surface area contributed by atoms with Gasteiger partial charge < -0.3 is 14.8 Å². The summed E-state index contributed by atoms with van der Waals surface area (Å²) in [6, 6.07) is 15.6. The third-order valence-corrected chi connectivity index (χ3v) is 3.95. The van der Waals surface area contributed by atoms with Crippen LogP contribution in [0.4, 0.5) is 5.69 Å². The van der Waals surface area contributed by atoms with Crippen molar-refractivity contribution >= 4 is 23.5 Å². The molecule has 0 atom stereocenters. The Morgan fingerprint density at radius 3 is 2.23 bits per heavy atom. The second-order valence-corrected chi connectivity index (χ2v) is 6.15. The van der Waals surface area contributed by atoms with Crippen LogP contribution >= 0.6 is 0 Å². The molecule has 26 heavy (non-hydrogen) atoms. The molecule has 2 aromatic carbocycles. The van der Waals surface area contributed by atoms with E-state index in [2.05, 4.69) is 10.1 Å². The van der Waals surface area contributed by atoms with Crippen LogP contribution in [0.25, 0.3) is 0 Å². The highest BCUT2D eigenvalue weighted by molar-refractivity contribution is 6.02. The number of rotatable bonds is 6. The van der Waals surface area contributed by atoms with Crippen LogP contribution in [-0.2, 0) is 24.5 Å². The lowest BCUT2D eigenvalue weighted by molar-refractivity contribution is -0.152. The highest BCUT2D eigenvalue weighted by Crippen LogP contribution is 2.24. The number of para-hydroxylation sites is 1. The van der Waals surface area contributed by atoms with Crippen LogP contribution in [0.5, 0.6) is 0 Å². The molecule has 6 heteroatoms. The zero-order valence-corrected chi connectivity index (χ0v) is 14.9. The number of carbonyl (C=O) groups excluding carboxylic acids is 3. The standard InChI is InChI=1S/C20H21NO5/c1-20(2,14-9-5-4-6-10-14)19(24)26-13-17(22)21-16-12-8-7-11-15(16)18(23)25-3/h4-12H,13H2,1-3H3,(H,21,22). The Bertz CT molecular complexity index is 799. The quantitative estimate of drug-likeness (QED) is 0.806. The molecule has 0 radical (unpaired) electrons. The molecule has 0 unspecified atom stereocenters. The molecule has 2 rings (SSSR count). The Labute approximate surface area is 152 Å². The Hall–Kier alpha value is -3.15. The molecule has 0 aliphatic rings. The number of hydrogen-bond donors (Lipinski definition) is 1. The van der Waals surface area contributed by atoms with Gasteiger partial charge in [-0.15, -0.1) is 0 Å². The first-order chi connectivity index (χ1) is 12.4. The molecule has 0 saturated carbocycles. The van der Waals surface area contributed by atoms with Crippen molar-refractivity contribution in [2.45, 2.75) is 19.3 Å². The minimum atomic E-state index is -0.883. The molecule has 0 aliphatic heterocycles. The number of hydrogen-bond acceptors (Lipinski definition) is 5. The van der Waals surface area contributed by atoms with Gasteiger partial charge in [0.2, 0.25) is 0 Å². The SMILES string of the molecule is COC(=O)c1ccccc1NC(=O)COC(=O)C(C)(C)c1ccccc1. The Balaban J connectivity index is 1.99. The maximum atomic E-state index is 12.4. The Kier molecular flexibility index (Phi) is 6.11. The van der Waals surface area contributed by atoms with Gasteiger partial charge in [-0.2, -0.15) is 0 Å². The molecule has 0 heterocycles. The van der Waals surface area contributed by atoms with Gasteiger partial charge in [-0.05, 0) is 31.5 Å². The smallest absolute Gasteiger partial charge is 0.339 e. The molecule has 0 aromatic heterocycles. The minimum absolute atomic E-state index is 0.222. The van der Waals surface area contributed by atoms with Crippen LogP contribution in [0, 0.1) is 0 Å². The second kappa shape index (κ2) is 8.29. The van der Waals surface area contributed by atoms with E-state index < -0.39 is 29.9 Å². The van der Waals surface area contributed by atoms with Gasteiger partial charge in [0.15, 0.2) is 6.61 Å². The zero-order valence-electron chi connectivity index (χ0n) is 14.9. The fourth-order valence-electron chi connectivity index (χ4n) is 2.35. The third-order valence-electron chi connectivity index (χ3n) is 3.95. The summed E-state index contributed by atoms with van der Waals surface area (Å²) in [7, 11) is 1.26. The molecule has 0 spiro atoms. The molecule has 0 bridgehead atoms. The van der Waals surface area contributed by atoms with Crippen molar-refractivity contribution in [1.82, 2.24) is 0 Å². The average molecular weight is 355 g/mol. The van der Waals surface area contributed by atoms with E-state index in [1.165, 1.54) is 13.2 Å². The molecule has 0 aliphatic carbocycles. The van der Waals surface area contributed by atoms with E-state index in [1.54, 1.807) is 32.0 Å². The van der Waals surface area contributed by atoms with Gasteiger partial charge in [-0.3, -0.25) is 9.59 Å². The van der Waals surface area contributed by atoms with E-state index >= 15 is 0 Å². The van der Waals surface area contributed by atoms with Gasteiger partial charge in [-0.1, -0.05) is 42.5 Å². The van der Waals surface area contributed by atoms with E-state index in [-0.39, 0.29) is 5.56 Å². The van der Waals surface area contributed by atoms with Crippen LogP contribution in [0.1, 0.15) is 29.8 Å². The molecule has 136 valence electrons. The van der Waals surface area contributed by atoms with Crippen molar-refractivity contribution in [2.24, 2.45) is 0 Å². The van der Waals surface area contributed by atoms with Crippen LogP contribution in [0.3, 0.4) is 0 Å². The number of esters is 2. The van der Waals surface area contributed by atoms with Crippen LogP contribution < -0.4 is 5.32 Å². The van der Waals surface area contributed by atoms with Gasteiger partial charge in [0, 0.05) is 0 Å². The maximum absolute atomic E-state index is 12.4. The number of amides is 1. The summed E-state index contributed by atoms with van der Waals surface area (Å²) in [5.41, 5.74) is 0.425. The van der Waals surface area contributed by atoms with Crippen molar-refractivity contribution in [3.8, 4) is 0 Å². The normalized spacial score (nSPS) is 10.7. The number of anilines is 1. The van der Waals surface area contributed by atoms with Gasteiger partial charge in [0.1, 0.15) is 0 Å². The third kappa shape index (κ3) is 4.47. The first kappa shape index (κ1) is 19.2. The molecular formula is C20H21NO5. The van der Waals surface area contributed by atoms with Gasteiger partial charge in [-0.25, -0.2) is 4.79 Å². The molecule has 1 N–H and O–H groups in total. The second-order valence-electron chi connectivity index (χ2n) is 6.15. The summed E-state index contributed by atoms with van der Waals surface area (Å²) in [5.74, 6) is -1.62. The molecule has 6 nitrogen and oxygen atoms in total. The van der Waals surface area contributed by atoms with Crippen molar-refractivity contribution in [2.75, 3.05) is 19.0 Å². The van der Waals surface area contributed by atoms with Crippen molar-refractivity contribution in [3.63, 3.8) is 0 Å². The monoisotopic (exact) mass is 355 g/mol. The lowest BCUT2D eigenvalue weighted by Crippen LogP contribution is -2.33. The van der Waals surface area contributed by atoms with E-state index in [0.29, 0.717) is 5.69 Å². The summed E-state index contributed by atoms with van der Waals surface area (Å²) in [5, 5.41) is 2.56. The molecular weight excluding hydrogens is 334 g/mol. The Morgan fingerprint density at radius 1 is 0.962 bits per heavy atom. The largest absolute Gasteiger partial charge is 0.465 e. The summed E-state index contributed by atoms with van der Waals surface area (Å²) >= 11 is 0.